The summed E-state index contributed by atoms with van der Waals surface area (Å²) >= 11 is 11.7. The van der Waals surface area contributed by atoms with Gasteiger partial charge in [0.2, 0.25) is 0 Å². The summed E-state index contributed by atoms with van der Waals surface area (Å²) in [6.45, 7) is 6.28. The molecule has 1 aromatic carbocycles. The molecule has 0 bridgehead atoms. The van der Waals surface area contributed by atoms with Gasteiger partial charge in [-0.05, 0) is 38.8 Å². The first kappa shape index (κ1) is 14.6. The molecular formula is C13H20Cl2NO+. The lowest BCUT2D eigenvalue weighted by atomic mass is 10.3. The molecule has 0 spiro atoms. The molecule has 0 heterocycles. The number of rotatable bonds is 7. The summed E-state index contributed by atoms with van der Waals surface area (Å²) in [5, 5.41) is 3.43. The van der Waals surface area contributed by atoms with Gasteiger partial charge < -0.3 is 10.1 Å². The maximum Gasteiger partial charge on any atom is 0.120 e. The Morgan fingerprint density at radius 3 is 2.59 bits per heavy atom. The molecule has 0 unspecified atom stereocenters. The van der Waals surface area contributed by atoms with Crippen LogP contribution in [0.4, 0.5) is 0 Å². The number of hydrogen-bond donors (Lipinski definition) is 1. The fraction of sp³-hybridized carbons (Fsp3) is 0.538. The highest BCUT2D eigenvalue weighted by molar-refractivity contribution is 6.42. The van der Waals surface area contributed by atoms with Gasteiger partial charge in [0.25, 0.3) is 0 Å². The van der Waals surface area contributed by atoms with Gasteiger partial charge in [0.15, 0.2) is 0 Å². The number of unbranched alkanes of at least 4 members (excludes halogenated alkanes) is 1. The Morgan fingerprint density at radius 2 is 1.94 bits per heavy atom. The Balaban J connectivity index is 2.16. The SMILES string of the molecule is CC(C)[NH2+]CCCCOc1ccc(Cl)c(Cl)c1. The second-order valence-electron chi connectivity index (χ2n) is 4.40. The zero-order valence-electron chi connectivity index (χ0n) is 10.4. The molecule has 0 amide bonds. The molecule has 0 fully saturated rings. The van der Waals surface area contributed by atoms with Gasteiger partial charge in [-0.2, -0.15) is 0 Å². The first-order valence-corrected chi connectivity index (χ1v) is 6.76. The van der Waals surface area contributed by atoms with Crippen LogP contribution in [0.1, 0.15) is 26.7 Å². The van der Waals surface area contributed by atoms with Crippen molar-refractivity contribution in [1.29, 1.82) is 0 Å². The van der Waals surface area contributed by atoms with Crippen LogP contribution >= 0.6 is 23.2 Å². The van der Waals surface area contributed by atoms with Crippen LogP contribution in [0.2, 0.25) is 10.0 Å². The second-order valence-corrected chi connectivity index (χ2v) is 5.21. The van der Waals surface area contributed by atoms with E-state index in [4.69, 9.17) is 27.9 Å². The van der Waals surface area contributed by atoms with Gasteiger partial charge in [0, 0.05) is 6.07 Å². The standard InChI is InChI=1S/C13H19Cl2NO/c1-10(2)16-7-3-4-8-17-11-5-6-12(14)13(15)9-11/h5-6,9-10,16H,3-4,7-8H2,1-2H3/p+1. The molecule has 1 rings (SSSR count). The summed E-state index contributed by atoms with van der Waals surface area (Å²) in [5.74, 6) is 0.784. The van der Waals surface area contributed by atoms with E-state index < -0.39 is 0 Å². The van der Waals surface area contributed by atoms with Gasteiger partial charge in [-0.3, -0.25) is 0 Å². The average Bonchev–Trinajstić information content (AvgIpc) is 2.27. The maximum atomic E-state index is 5.89. The van der Waals surface area contributed by atoms with Crippen LogP contribution in [0.5, 0.6) is 5.75 Å². The maximum absolute atomic E-state index is 5.89. The number of nitrogens with two attached hydrogens (primary N) is 1. The molecular weight excluding hydrogens is 257 g/mol. The Hall–Kier alpha value is -0.440. The highest BCUT2D eigenvalue weighted by Gasteiger charge is 2.00. The van der Waals surface area contributed by atoms with Crippen LogP contribution in [0.25, 0.3) is 0 Å². The van der Waals surface area contributed by atoms with E-state index in [9.17, 15) is 0 Å². The monoisotopic (exact) mass is 276 g/mol. The molecule has 0 saturated carbocycles. The largest absolute Gasteiger partial charge is 0.494 e. The summed E-state index contributed by atoms with van der Waals surface area (Å²) < 4.78 is 5.59. The molecule has 1 aromatic rings. The first-order chi connectivity index (χ1) is 8.09. The van der Waals surface area contributed by atoms with Crippen LogP contribution in [-0.2, 0) is 0 Å². The van der Waals surface area contributed by atoms with Crippen molar-refractivity contribution < 1.29 is 10.1 Å². The fourth-order valence-electron chi connectivity index (χ4n) is 1.45. The number of benzene rings is 1. The van der Waals surface area contributed by atoms with Crippen LogP contribution in [0.15, 0.2) is 18.2 Å². The van der Waals surface area contributed by atoms with Gasteiger partial charge in [-0.25, -0.2) is 0 Å². The van der Waals surface area contributed by atoms with Crippen LogP contribution in [0, 0.1) is 0 Å². The molecule has 4 heteroatoms. The molecule has 0 aromatic heterocycles. The summed E-state index contributed by atoms with van der Waals surface area (Å²) in [7, 11) is 0. The third-order valence-electron chi connectivity index (χ3n) is 2.40. The lowest BCUT2D eigenvalue weighted by Gasteiger charge is -2.07. The van der Waals surface area contributed by atoms with Gasteiger partial charge in [-0.1, -0.05) is 23.2 Å². The molecule has 0 saturated heterocycles. The van der Waals surface area contributed by atoms with Crippen molar-refractivity contribution in [3.63, 3.8) is 0 Å². The molecule has 2 N–H and O–H groups in total. The van der Waals surface area contributed by atoms with Gasteiger partial charge >= 0.3 is 0 Å². The van der Waals surface area contributed by atoms with E-state index in [1.165, 1.54) is 6.42 Å². The summed E-state index contributed by atoms with van der Waals surface area (Å²) in [5.41, 5.74) is 0. The van der Waals surface area contributed by atoms with E-state index >= 15 is 0 Å². The van der Waals surface area contributed by atoms with E-state index in [1.807, 2.05) is 6.07 Å². The third-order valence-corrected chi connectivity index (χ3v) is 3.14. The number of halogens is 2. The Bertz CT molecular complexity index is 342. The fourth-order valence-corrected chi connectivity index (χ4v) is 1.74. The van der Waals surface area contributed by atoms with Crippen molar-refractivity contribution in [2.24, 2.45) is 0 Å². The average molecular weight is 277 g/mol. The molecule has 96 valence electrons. The van der Waals surface area contributed by atoms with Crippen molar-refractivity contribution in [2.45, 2.75) is 32.7 Å². The molecule has 2 nitrogen and oxygen atoms in total. The second kappa shape index (κ2) is 7.80. The summed E-state index contributed by atoms with van der Waals surface area (Å²) in [6.07, 6.45) is 2.23. The third kappa shape index (κ3) is 6.16. The summed E-state index contributed by atoms with van der Waals surface area (Å²) in [6, 6.07) is 6.02. The quantitative estimate of drug-likeness (QED) is 0.761. The highest BCUT2D eigenvalue weighted by atomic mass is 35.5. The Morgan fingerprint density at radius 1 is 1.18 bits per heavy atom. The molecule has 0 aliphatic rings. The van der Waals surface area contributed by atoms with Crippen LogP contribution in [-0.4, -0.2) is 19.2 Å². The number of hydrogen-bond acceptors (Lipinski definition) is 1. The van der Waals surface area contributed by atoms with Crippen molar-refractivity contribution in [3.05, 3.63) is 28.2 Å². The van der Waals surface area contributed by atoms with E-state index in [0.717, 1.165) is 25.3 Å². The smallest absolute Gasteiger partial charge is 0.120 e. The summed E-state index contributed by atoms with van der Waals surface area (Å²) in [4.78, 5) is 0. The van der Waals surface area contributed by atoms with Gasteiger partial charge in [-0.15, -0.1) is 0 Å². The highest BCUT2D eigenvalue weighted by Crippen LogP contribution is 2.26. The Kier molecular flexibility index (Phi) is 6.71. The van der Waals surface area contributed by atoms with Gasteiger partial charge in [0.05, 0.1) is 29.2 Å². The molecule has 0 radical (unpaired) electrons. The van der Waals surface area contributed by atoms with E-state index in [2.05, 4.69) is 19.2 Å². The lowest BCUT2D eigenvalue weighted by Crippen LogP contribution is -2.88. The normalized spacial score (nSPS) is 10.9. The number of quaternary nitrogens is 1. The topological polar surface area (TPSA) is 25.8 Å². The van der Waals surface area contributed by atoms with E-state index in [1.54, 1.807) is 12.1 Å². The molecule has 17 heavy (non-hydrogen) atoms. The minimum Gasteiger partial charge on any atom is -0.494 e. The number of ether oxygens (including phenoxy) is 1. The zero-order valence-corrected chi connectivity index (χ0v) is 11.9. The van der Waals surface area contributed by atoms with Crippen molar-refractivity contribution in [1.82, 2.24) is 0 Å². The Labute approximate surface area is 113 Å². The van der Waals surface area contributed by atoms with Crippen molar-refractivity contribution in [2.75, 3.05) is 13.2 Å². The zero-order chi connectivity index (χ0) is 12.7. The van der Waals surface area contributed by atoms with Crippen molar-refractivity contribution in [3.8, 4) is 5.75 Å². The first-order valence-electron chi connectivity index (χ1n) is 6.01. The molecule has 0 aliphatic carbocycles. The van der Waals surface area contributed by atoms with Crippen LogP contribution < -0.4 is 10.1 Å². The predicted octanol–water partition coefficient (Wildman–Crippen LogP) is 3.12. The predicted molar refractivity (Wildman–Crippen MR) is 73.1 cm³/mol. The van der Waals surface area contributed by atoms with E-state index in [-0.39, 0.29) is 0 Å². The van der Waals surface area contributed by atoms with E-state index in [0.29, 0.717) is 16.1 Å². The van der Waals surface area contributed by atoms with Crippen molar-refractivity contribution >= 4 is 23.2 Å². The molecule has 0 aliphatic heterocycles. The van der Waals surface area contributed by atoms with Gasteiger partial charge in [0.1, 0.15) is 5.75 Å². The lowest BCUT2D eigenvalue weighted by molar-refractivity contribution is -0.683. The van der Waals surface area contributed by atoms with Crippen LogP contribution in [0.3, 0.4) is 0 Å². The minimum atomic E-state index is 0.539. The molecule has 0 atom stereocenters. The minimum absolute atomic E-state index is 0.539.